The predicted molar refractivity (Wildman–Crippen MR) is 121 cm³/mol. The Morgan fingerprint density at radius 3 is 2.42 bits per heavy atom. The van der Waals surface area contributed by atoms with Gasteiger partial charge >= 0.3 is 0 Å². The first-order chi connectivity index (χ1) is 15.0. The second-order valence-corrected chi connectivity index (χ2v) is 8.99. The predicted octanol–water partition coefficient (Wildman–Crippen LogP) is 3.62. The number of hydrogen-bond acceptors (Lipinski definition) is 4. The van der Waals surface area contributed by atoms with Crippen LogP contribution in [0.25, 0.3) is 0 Å². The number of likely N-dealkylation sites (tertiary alicyclic amines) is 1. The van der Waals surface area contributed by atoms with Crippen molar-refractivity contribution < 1.29 is 14.7 Å². The molecular weight excluding hydrogens is 390 g/mol. The van der Waals surface area contributed by atoms with Crippen LogP contribution in [0.2, 0.25) is 0 Å². The first-order valence-corrected chi connectivity index (χ1v) is 11.2. The minimum Gasteiger partial charge on any atom is -0.507 e. The molecule has 0 radical (unpaired) electrons. The van der Waals surface area contributed by atoms with Crippen molar-refractivity contribution in [3.8, 4) is 5.75 Å². The summed E-state index contributed by atoms with van der Waals surface area (Å²) in [5.41, 5.74) is 6.57. The summed E-state index contributed by atoms with van der Waals surface area (Å²) in [6.45, 7) is 6.48. The first-order valence-electron chi connectivity index (χ1n) is 11.2. The van der Waals surface area contributed by atoms with Crippen LogP contribution in [0, 0.1) is 13.8 Å². The maximum absolute atomic E-state index is 13.6. The van der Waals surface area contributed by atoms with Gasteiger partial charge in [0.15, 0.2) is 0 Å². The normalized spacial score (nSPS) is 18.3. The zero-order valence-electron chi connectivity index (χ0n) is 18.2. The second-order valence-electron chi connectivity index (χ2n) is 8.99. The fraction of sp³-hybridized carbons (Fsp3) is 0.440. The summed E-state index contributed by atoms with van der Waals surface area (Å²) in [5, 5.41) is 14.4. The van der Waals surface area contributed by atoms with Gasteiger partial charge in [-0.15, -0.1) is 0 Å². The first kappa shape index (κ1) is 19.9. The summed E-state index contributed by atoms with van der Waals surface area (Å²) < 4.78 is 0. The minimum atomic E-state index is -0.820. The molecule has 0 bridgehead atoms. The van der Waals surface area contributed by atoms with Crippen LogP contribution in [0.3, 0.4) is 0 Å². The lowest BCUT2D eigenvalue weighted by Crippen LogP contribution is -2.49. The molecule has 2 N–H and O–H groups in total. The number of benzene rings is 2. The van der Waals surface area contributed by atoms with E-state index in [4.69, 9.17) is 0 Å². The summed E-state index contributed by atoms with van der Waals surface area (Å²) in [5.74, 6) is -0.128. The number of aromatic hydroxyl groups is 1. The Morgan fingerprint density at radius 2 is 1.77 bits per heavy atom. The van der Waals surface area contributed by atoms with Gasteiger partial charge < -0.3 is 20.2 Å². The number of para-hydroxylation sites is 1. The van der Waals surface area contributed by atoms with E-state index in [1.54, 1.807) is 4.90 Å². The minimum absolute atomic E-state index is 0.0472. The van der Waals surface area contributed by atoms with Crippen LogP contribution in [0.15, 0.2) is 24.3 Å². The number of carbonyl (C=O) groups excluding carboxylic acids is 2. The number of nitrogens with one attached hydrogen (secondary N) is 1. The van der Waals surface area contributed by atoms with Gasteiger partial charge in [-0.25, -0.2) is 0 Å². The summed E-state index contributed by atoms with van der Waals surface area (Å²) in [4.78, 5) is 29.9. The SMILES string of the molecule is Cc1cccc(C)c1NC(=O)C(c1cc2c3c(c1O)CCCN3CCC2)N1CCC1=O. The molecule has 0 aromatic heterocycles. The smallest absolute Gasteiger partial charge is 0.251 e. The van der Waals surface area contributed by atoms with Crippen molar-refractivity contribution in [2.75, 3.05) is 29.9 Å². The molecular formula is C25H29N3O3. The lowest BCUT2D eigenvalue weighted by atomic mass is 9.86. The molecule has 0 spiro atoms. The lowest BCUT2D eigenvalue weighted by Gasteiger charge is -2.41. The van der Waals surface area contributed by atoms with Crippen molar-refractivity contribution in [3.63, 3.8) is 0 Å². The van der Waals surface area contributed by atoms with E-state index < -0.39 is 6.04 Å². The Hall–Kier alpha value is -3.02. The molecule has 6 heteroatoms. The lowest BCUT2D eigenvalue weighted by molar-refractivity contribution is -0.147. The van der Waals surface area contributed by atoms with Crippen molar-refractivity contribution in [2.24, 2.45) is 0 Å². The molecule has 2 aromatic carbocycles. The summed E-state index contributed by atoms with van der Waals surface area (Å²) in [6.07, 6.45) is 4.24. The van der Waals surface area contributed by atoms with Crippen LogP contribution in [0.4, 0.5) is 11.4 Å². The van der Waals surface area contributed by atoms with Crippen molar-refractivity contribution in [1.29, 1.82) is 0 Å². The monoisotopic (exact) mass is 419 g/mol. The number of β-lactam (4-membered cyclic amide) rings is 1. The van der Waals surface area contributed by atoms with Gasteiger partial charge in [0, 0.05) is 48.6 Å². The Labute approximate surface area is 182 Å². The Balaban J connectivity index is 1.59. The van der Waals surface area contributed by atoms with Crippen LogP contribution in [0.5, 0.6) is 5.75 Å². The third kappa shape index (κ3) is 3.25. The van der Waals surface area contributed by atoms with Gasteiger partial charge in [-0.1, -0.05) is 18.2 Å². The zero-order valence-corrected chi connectivity index (χ0v) is 18.2. The molecule has 1 unspecified atom stereocenters. The number of aryl methyl sites for hydroxylation is 3. The third-order valence-corrected chi connectivity index (χ3v) is 7.00. The van der Waals surface area contributed by atoms with Crippen LogP contribution in [-0.2, 0) is 22.4 Å². The van der Waals surface area contributed by atoms with E-state index in [1.807, 2.05) is 38.1 Å². The van der Waals surface area contributed by atoms with E-state index in [-0.39, 0.29) is 17.6 Å². The molecule has 2 amide bonds. The molecule has 3 heterocycles. The number of anilines is 2. The molecule has 6 nitrogen and oxygen atoms in total. The fourth-order valence-corrected chi connectivity index (χ4v) is 5.34. The maximum atomic E-state index is 13.6. The van der Waals surface area contributed by atoms with Crippen LogP contribution in [0.1, 0.15) is 53.1 Å². The number of phenolic OH excluding ortho intramolecular Hbond substituents is 1. The summed E-state index contributed by atoms with van der Waals surface area (Å²) in [6, 6.07) is 7.04. The van der Waals surface area contributed by atoms with Crippen LogP contribution < -0.4 is 10.2 Å². The van der Waals surface area contributed by atoms with Gasteiger partial charge in [-0.2, -0.15) is 0 Å². The van der Waals surface area contributed by atoms with E-state index in [2.05, 4.69) is 10.2 Å². The highest BCUT2D eigenvalue weighted by atomic mass is 16.3. The molecule has 1 saturated heterocycles. The quantitative estimate of drug-likeness (QED) is 0.743. The second kappa shape index (κ2) is 7.59. The highest BCUT2D eigenvalue weighted by Crippen LogP contribution is 2.45. The van der Waals surface area contributed by atoms with Crippen molar-refractivity contribution in [3.05, 3.63) is 52.1 Å². The molecule has 31 heavy (non-hydrogen) atoms. The molecule has 0 aliphatic carbocycles. The largest absolute Gasteiger partial charge is 0.507 e. The number of phenols is 1. The molecule has 3 aliphatic rings. The van der Waals surface area contributed by atoms with E-state index in [0.717, 1.165) is 66.8 Å². The van der Waals surface area contributed by atoms with Crippen molar-refractivity contribution in [1.82, 2.24) is 4.90 Å². The topological polar surface area (TPSA) is 72.9 Å². The van der Waals surface area contributed by atoms with Gasteiger partial charge in [-0.3, -0.25) is 9.59 Å². The van der Waals surface area contributed by atoms with Gasteiger partial charge in [-0.05, 0) is 62.3 Å². The molecule has 0 saturated carbocycles. The van der Waals surface area contributed by atoms with E-state index in [0.29, 0.717) is 18.5 Å². The third-order valence-electron chi connectivity index (χ3n) is 7.00. The highest BCUT2D eigenvalue weighted by Gasteiger charge is 2.40. The number of nitrogens with zero attached hydrogens (tertiary/aromatic N) is 2. The maximum Gasteiger partial charge on any atom is 0.251 e. The molecule has 3 aliphatic heterocycles. The Bertz CT molecular complexity index is 1060. The number of amides is 2. The van der Waals surface area contributed by atoms with Gasteiger partial charge in [0.05, 0.1) is 0 Å². The molecule has 1 atom stereocenters. The van der Waals surface area contributed by atoms with E-state index in [1.165, 1.54) is 5.56 Å². The molecule has 1 fully saturated rings. The molecule has 2 aromatic rings. The number of carbonyl (C=O) groups is 2. The highest BCUT2D eigenvalue weighted by molar-refractivity contribution is 6.00. The molecule has 162 valence electrons. The van der Waals surface area contributed by atoms with Gasteiger partial charge in [0.1, 0.15) is 11.8 Å². The Kier molecular flexibility index (Phi) is 4.88. The van der Waals surface area contributed by atoms with E-state index >= 15 is 0 Å². The number of hydrogen-bond donors (Lipinski definition) is 2. The van der Waals surface area contributed by atoms with E-state index in [9.17, 15) is 14.7 Å². The average Bonchev–Trinajstić information content (AvgIpc) is 2.76. The van der Waals surface area contributed by atoms with Crippen LogP contribution >= 0.6 is 0 Å². The summed E-state index contributed by atoms with van der Waals surface area (Å²) in [7, 11) is 0. The average molecular weight is 420 g/mol. The van der Waals surface area contributed by atoms with Crippen LogP contribution in [-0.4, -0.2) is 41.5 Å². The van der Waals surface area contributed by atoms with Crippen molar-refractivity contribution in [2.45, 2.75) is 52.0 Å². The molecule has 5 rings (SSSR count). The fourth-order valence-electron chi connectivity index (χ4n) is 5.34. The number of rotatable bonds is 4. The standard InChI is InChI=1S/C25H29N3O3/c1-15-6-3-7-16(2)21(15)26-25(31)23(28-13-10-20(28)29)19-14-17-8-4-11-27-12-5-9-18(22(17)27)24(19)30/h3,6-7,14,23,30H,4-5,8-13H2,1-2H3,(H,26,31). The Morgan fingerprint density at radius 1 is 1.06 bits per heavy atom. The summed E-state index contributed by atoms with van der Waals surface area (Å²) >= 11 is 0. The van der Waals surface area contributed by atoms with Gasteiger partial charge in [0.2, 0.25) is 5.91 Å². The zero-order chi connectivity index (χ0) is 21.7. The van der Waals surface area contributed by atoms with Crippen molar-refractivity contribution >= 4 is 23.2 Å². The van der Waals surface area contributed by atoms with Gasteiger partial charge in [0.25, 0.3) is 5.91 Å².